The van der Waals surface area contributed by atoms with E-state index in [1.54, 1.807) is 18.2 Å². The number of anilines is 1. The van der Waals surface area contributed by atoms with Crippen molar-refractivity contribution in [3.8, 4) is 11.1 Å². The molecule has 0 atom stereocenters. The second-order valence-corrected chi connectivity index (χ2v) is 5.65. The molecular formula is C21H17FN2O2. The first-order chi connectivity index (χ1) is 12.6. The number of halogens is 1. The van der Waals surface area contributed by atoms with Crippen LogP contribution >= 0.6 is 0 Å². The number of para-hydroxylation sites is 1. The van der Waals surface area contributed by atoms with Crippen LogP contribution < -0.4 is 10.6 Å². The molecule has 0 fully saturated rings. The fraction of sp³-hybridized carbons (Fsp3) is 0.0476. The fourth-order valence-electron chi connectivity index (χ4n) is 2.46. The molecule has 3 aromatic rings. The monoisotopic (exact) mass is 348 g/mol. The Kier molecular flexibility index (Phi) is 5.39. The molecule has 5 heteroatoms. The number of amides is 2. The Hall–Kier alpha value is -3.47. The van der Waals surface area contributed by atoms with Crippen molar-refractivity contribution in [2.45, 2.75) is 0 Å². The Morgan fingerprint density at radius 2 is 1.38 bits per heavy atom. The number of rotatable bonds is 5. The summed E-state index contributed by atoms with van der Waals surface area (Å²) >= 11 is 0. The van der Waals surface area contributed by atoms with Gasteiger partial charge in [-0.1, -0.05) is 54.6 Å². The van der Waals surface area contributed by atoms with Crippen LogP contribution in [0.25, 0.3) is 11.1 Å². The van der Waals surface area contributed by atoms with E-state index in [4.69, 9.17) is 0 Å². The van der Waals surface area contributed by atoms with Crippen LogP contribution in [0.3, 0.4) is 0 Å². The average molecular weight is 348 g/mol. The van der Waals surface area contributed by atoms with Gasteiger partial charge >= 0.3 is 0 Å². The molecule has 2 N–H and O–H groups in total. The molecule has 4 nitrogen and oxygen atoms in total. The van der Waals surface area contributed by atoms with Crippen LogP contribution in [0, 0.1) is 5.82 Å². The third kappa shape index (κ3) is 4.33. The Bertz CT molecular complexity index is 909. The van der Waals surface area contributed by atoms with Gasteiger partial charge in [0.15, 0.2) is 0 Å². The van der Waals surface area contributed by atoms with Crippen LogP contribution in [0.2, 0.25) is 0 Å². The molecule has 0 aliphatic carbocycles. The van der Waals surface area contributed by atoms with Gasteiger partial charge in [-0.3, -0.25) is 9.59 Å². The zero-order valence-electron chi connectivity index (χ0n) is 13.9. The van der Waals surface area contributed by atoms with Gasteiger partial charge in [0.1, 0.15) is 5.82 Å². The maximum atomic E-state index is 13.5. The summed E-state index contributed by atoms with van der Waals surface area (Å²) < 4.78 is 13.5. The molecular weight excluding hydrogens is 331 g/mol. The van der Waals surface area contributed by atoms with Gasteiger partial charge in [-0.2, -0.15) is 0 Å². The minimum Gasteiger partial charge on any atom is -0.343 e. The number of carbonyl (C=O) groups is 2. The van der Waals surface area contributed by atoms with E-state index in [0.717, 1.165) is 11.1 Å². The zero-order chi connectivity index (χ0) is 18.4. The second-order valence-electron chi connectivity index (χ2n) is 5.65. The molecule has 2 amide bonds. The van der Waals surface area contributed by atoms with Crippen molar-refractivity contribution in [1.82, 2.24) is 5.32 Å². The number of carbonyl (C=O) groups excluding carboxylic acids is 2. The standard InChI is InChI=1S/C21H17FN2O2/c22-18-8-4-5-9-19(18)24-20(25)14-23-21(26)17-12-10-16(11-13-17)15-6-2-1-3-7-15/h1-13H,14H2,(H,23,26)(H,24,25). The van der Waals surface area contributed by atoms with Gasteiger partial charge in [-0.05, 0) is 35.4 Å². The highest BCUT2D eigenvalue weighted by atomic mass is 19.1. The Balaban J connectivity index is 1.56. The predicted octanol–water partition coefficient (Wildman–Crippen LogP) is 3.86. The van der Waals surface area contributed by atoms with E-state index in [9.17, 15) is 14.0 Å². The number of hydrogen-bond acceptors (Lipinski definition) is 2. The third-order valence-corrected chi connectivity index (χ3v) is 3.81. The van der Waals surface area contributed by atoms with Crippen LogP contribution in [0.5, 0.6) is 0 Å². The largest absolute Gasteiger partial charge is 0.343 e. The zero-order valence-corrected chi connectivity index (χ0v) is 13.9. The lowest BCUT2D eigenvalue weighted by atomic mass is 10.0. The Labute approximate surface area is 150 Å². The third-order valence-electron chi connectivity index (χ3n) is 3.81. The molecule has 0 saturated carbocycles. The second kappa shape index (κ2) is 8.07. The van der Waals surface area contributed by atoms with Crippen molar-refractivity contribution < 1.29 is 14.0 Å². The van der Waals surface area contributed by atoms with Gasteiger partial charge in [0, 0.05) is 5.56 Å². The first-order valence-electron chi connectivity index (χ1n) is 8.11. The maximum absolute atomic E-state index is 13.5. The van der Waals surface area contributed by atoms with E-state index in [-0.39, 0.29) is 18.1 Å². The summed E-state index contributed by atoms with van der Waals surface area (Å²) in [5.74, 6) is -1.39. The lowest BCUT2D eigenvalue weighted by molar-refractivity contribution is -0.115. The highest BCUT2D eigenvalue weighted by molar-refractivity contribution is 5.99. The molecule has 26 heavy (non-hydrogen) atoms. The summed E-state index contributed by atoms with van der Waals surface area (Å²) in [6.07, 6.45) is 0. The number of benzene rings is 3. The molecule has 130 valence electrons. The van der Waals surface area contributed by atoms with Crippen LogP contribution in [0.1, 0.15) is 10.4 Å². The van der Waals surface area contributed by atoms with Gasteiger partial charge in [0.05, 0.1) is 12.2 Å². The summed E-state index contributed by atoms with van der Waals surface area (Å²) in [5.41, 5.74) is 2.59. The van der Waals surface area contributed by atoms with E-state index >= 15 is 0 Å². The molecule has 0 aliphatic rings. The fourth-order valence-corrected chi connectivity index (χ4v) is 2.46. The van der Waals surface area contributed by atoms with Gasteiger partial charge in [-0.15, -0.1) is 0 Å². The quantitative estimate of drug-likeness (QED) is 0.735. The van der Waals surface area contributed by atoms with E-state index < -0.39 is 11.7 Å². The Morgan fingerprint density at radius 3 is 2.08 bits per heavy atom. The van der Waals surface area contributed by atoms with Crippen LogP contribution in [-0.2, 0) is 4.79 Å². The highest BCUT2D eigenvalue weighted by Crippen LogP contribution is 2.19. The molecule has 3 rings (SSSR count). The molecule has 0 heterocycles. The molecule has 0 unspecified atom stereocenters. The van der Waals surface area contributed by atoms with Crippen molar-refractivity contribution in [3.63, 3.8) is 0 Å². The summed E-state index contributed by atoms with van der Waals surface area (Å²) in [4.78, 5) is 24.0. The van der Waals surface area contributed by atoms with Crippen LogP contribution in [0.4, 0.5) is 10.1 Å². The minimum absolute atomic E-state index is 0.0824. The van der Waals surface area contributed by atoms with E-state index in [2.05, 4.69) is 10.6 Å². The van der Waals surface area contributed by atoms with Crippen molar-refractivity contribution in [2.75, 3.05) is 11.9 Å². The SMILES string of the molecule is O=C(CNC(=O)c1ccc(-c2ccccc2)cc1)Nc1ccccc1F. The average Bonchev–Trinajstić information content (AvgIpc) is 2.69. The lowest BCUT2D eigenvalue weighted by Gasteiger charge is -2.08. The first-order valence-corrected chi connectivity index (χ1v) is 8.11. The molecule has 0 aromatic heterocycles. The van der Waals surface area contributed by atoms with E-state index in [1.165, 1.54) is 18.2 Å². The van der Waals surface area contributed by atoms with Crippen molar-refractivity contribution in [2.24, 2.45) is 0 Å². The lowest BCUT2D eigenvalue weighted by Crippen LogP contribution is -2.33. The van der Waals surface area contributed by atoms with E-state index in [0.29, 0.717) is 5.56 Å². The molecule has 0 aliphatic heterocycles. The molecule has 0 spiro atoms. The van der Waals surface area contributed by atoms with E-state index in [1.807, 2.05) is 42.5 Å². The van der Waals surface area contributed by atoms with Crippen molar-refractivity contribution in [3.05, 3.63) is 90.2 Å². The van der Waals surface area contributed by atoms with Crippen LogP contribution in [0.15, 0.2) is 78.9 Å². The first kappa shape index (κ1) is 17.4. The highest BCUT2D eigenvalue weighted by Gasteiger charge is 2.10. The van der Waals surface area contributed by atoms with Crippen LogP contribution in [-0.4, -0.2) is 18.4 Å². The summed E-state index contributed by atoms with van der Waals surface area (Å²) in [6, 6.07) is 22.8. The maximum Gasteiger partial charge on any atom is 0.251 e. The van der Waals surface area contributed by atoms with Gasteiger partial charge < -0.3 is 10.6 Å². The molecule has 0 saturated heterocycles. The molecule has 0 radical (unpaired) electrons. The number of nitrogens with one attached hydrogen (secondary N) is 2. The molecule has 0 bridgehead atoms. The summed E-state index contributed by atoms with van der Waals surface area (Å²) in [7, 11) is 0. The Morgan fingerprint density at radius 1 is 0.769 bits per heavy atom. The topological polar surface area (TPSA) is 58.2 Å². The summed E-state index contributed by atoms with van der Waals surface area (Å²) in [6.45, 7) is -0.242. The number of hydrogen-bond donors (Lipinski definition) is 2. The minimum atomic E-state index is -0.524. The van der Waals surface area contributed by atoms with Gasteiger partial charge in [0.25, 0.3) is 5.91 Å². The van der Waals surface area contributed by atoms with Crippen molar-refractivity contribution in [1.29, 1.82) is 0 Å². The predicted molar refractivity (Wildman–Crippen MR) is 99.2 cm³/mol. The van der Waals surface area contributed by atoms with Gasteiger partial charge in [-0.25, -0.2) is 4.39 Å². The smallest absolute Gasteiger partial charge is 0.251 e. The molecule has 3 aromatic carbocycles. The normalized spacial score (nSPS) is 10.2. The van der Waals surface area contributed by atoms with Crippen molar-refractivity contribution >= 4 is 17.5 Å². The summed E-state index contributed by atoms with van der Waals surface area (Å²) in [5, 5.41) is 4.94. The van der Waals surface area contributed by atoms with Gasteiger partial charge in [0.2, 0.25) is 5.91 Å².